The lowest BCUT2D eigenvalue weighted by atomic mass is 10.2. The number of hydrogen-bond acceptors (Lipinski definition) is 4. The number of aryl methyl sites for hydroxylation is 1. The summed E-state index contributed by atoms with van der Waals surface area (Å²) in [7, 11) is 0. The van der Waals surface area contributed by atoms with Crippen molar-refractivity contribution in [3.8, 4) is 0 Å². The molecule has 0 fully saturated rings. The van der Waals surface area contributed by atoms with E-state index in [9.17, 15) is 0 Å². The number of nitrogens with zero attached hydrogens (tertiary/aromatic N) is 3. The van der Waals surface area contributed by atoms with Crippen molar-refractivity contribution in [2.24, 2.45) is 0 Å². The predicted molar refractivity (Wildman–Crippen MR) is 65.0 cm³/mol. The molecule has 0 aliphatic carbocycles. The molecule has 1 aromatic rings. The third kappa shape index (κ3) is 3.83. The monoisotopic (exact) mass is 228 g/mol. The molecule has 5 heteroatoms. The van der Waals surface area contributed by atoms with Crippen molar-refractivity contribution in [1.82, 2.24) is 20.1 Å². The number of nitrogens with one attached hydrogen (secondary N) is 1. The smallest absolute Gasteiger partial charge is 0.140 e. The molecule has 1 N–H and O–H groups in total. The molecule has 1 rings (SSSR count). The molecule has 0 saturated carbocycles. The third-order valence-electron chi connectivity index (χ3n) is 2.40. The summed E-state index contributed by atoms with van der Waals surface area (Å²) >= 11 is 1.88. The molecule has 1 atom stereocenters. The maximum absolute atomic E-state index is 4.24. The molecular formula is C10H20N4S. The van der Waals surface area contributed by atoms with Crippen molar-refractivity contribution < 1.29 is 0 Å². The van der Waals surface area contributed by atoms with E-state index in [1.165, 1.54) is 0 Å². The maximum Gasteiger partial charge on any atom is 0.140 e. The molecule has 1 aromatic heterocycles. The fourth-order valence-electron chi connectivity index (χ4n) is 1.45. The van der Waals surface area contributed by atoms with Crippen LogP contribution in [0.1, 0.15) is 26.1 Å². The molecule has 0 bridgehead atoms. The first-order valence-electron chi connectivity index (χ1n) is 5.40. The molecule has 4 nitrogen and oxygen atoms in total. The molecule has 1 unspecified atom stereocenters. The van der Waals surface area contributed by atoms with E-state index in [1.807, 2.05) is 16.4 Å². The Morgan fingerprint density at radius 1 is 1.53 bits per heavy atom. The van der Waals surface area contributed by atoms with Gasteiger partial charge < -0.3 is 5.32 Å². The Hall–Kier alpha value is -0.550. The van der Waals surface area contributed by atoms with Gasteiger partial charge in [-0.3, -0.25) is 0 Å². The number of rotatable bonds is 7. The van der Waals surface area contributed by atoms with Gasteiger partial charge in [-0.2, -0.15) is 16.9 Å². The first-order valence-corrected chi connectivity index (χ1v) is 6.80. The number of aromatic nitrogens is 3. The lowest BCUT2D eigenvalue weighted by Crippen LogP contribution is -2.31. The lowest BCUT2D eigenvalue weighted by Gasteiger charge is -2.15. The van der Waals surface area contributed by atoms with Gasteiger partial charge in [0.1, 0.15) is 12.2 Å². The Balaban J connectivity index is 2.41. The maximum atomic E-state index is 4.24. The topological polar surface area (TPSA) is 42.7 Å². The second-order valence-corrected chi connectivity index (χ2v) is 4.34. The van der Waals surface area contributed by atoms with Gasteiger partial charge >= 0.3 is 0 Å². The van der Waals surface area contributed by atoms with E-state index in [1.54, 1.807) is 6.33 Å². The molecule has 0 saturated heterocycles. The minimum Gasteiger partial charge on any atom is -0.306 e. The van der Waals surface area contributed by atoms with Crippen molar-refractivity contribution in [2.45, 2.75) is 39.4 Å². The quantitative estimate of drug-likeness (QED) is 0.768. The van der Waals surface area contributed by atoms with Gasteiger partial charge in [0, 0.05) is 18.3 Å². The van der Waals surface area contributed by atoms with Gasteiger partial charge in [-0.15, -0.1) is 0 Å². The fraction of sp³-hybridized carbons (Fsp3) is 0.800. The molecular weight excluding hydrogens is 208 g/mol. The van der Waals surface area contributed by atoms with Crippen LogP contribution in [0.2, 0.25) is 0 Å². The number of thioether (sulfide) groups is 1. The van der Waals surface area contributed by atoms with E-state index in [4.69, 9.17) is 0 Å². The second-order valence-electron chi connectivity index (χ2n) is 3.43. The zero-order valence-corrected chi connectivity index (χ0v) is 10.5. The van der Waals surface area contributed by atoms with Crippen molar-refractivity contribution in [2.75, 3.05) is 12.0 Å². The van der Waals surface area contributed by atoms with Crippen molar-refractivity contribution in [1.29, 1.82) is 0 Å². The molecule has 0 aromatic carbocycles. The van der Waals surface area contributed by atoms with Gasteiger partial charge in [0.2, 0.25) is 0 Å². The van der Waals surface area contributed by atoms with Crippen LogP contribution in [0.3, 0.4) is 0 Å². The summed E-state index contributed by atoms with van der Waals surface area (Å²) in [5.74, 6) is 2.17. The molecule has 0 aliphatic heterocycles. The first kappa shape index (κ1) is 12.5. The summed E-state index contributed by atoms with van der Waals surface area (Å²) in [6.45, 7) is 5.99. The van der Waals surface area contributed by atoms with E-state index in [0.717, 1.165) is 31.1 Å². The van der Waals surface area contributed by atoms with Crippen LogP contribution in [0.5, 0.6) is 0 Å². The lowest BCUT2D eigenvalue weighted by molar-refractivity contribution is 0.505. The minimum absolute atomic E-state index is 0.571. The van der Waals surface area contributed by atoms with Crippen LogP contribution in [0.4, 0.5) is 0 Å². The Labute approximate surface area is 95.9 Å². The molecule has 0 aliphatic rings. The van der Waals surface area contributed by atoms with Crippen LogP contribution in [0.15, 0.2) is 6.33 Å². The molecule has 15 heavy (non-hydrogen) atoms. The van der Waals surface area contributed by atoms with Gasteiger partial charge in [0.15, 0.2) is 0 Å². The summed E-state index contributed by atoms with van der Waals surface area (Å²) in [5.41, 5.74) is 0. The Morgan fingerprint density at radius 3 is 2.93 bits per heavy atom. The molecule has 86 valence electrons. The highest BCUT2D eigenvalue weighted by Crippen LogP contribution is 2.02. The van der Waals surface area contributed by atoms with Crippen LogP contribution in [-0.4, -0.2) is 32.8 Å². The van der Waals surface area contributed by atoms with Crippen LogP contribution in [0.25, 0.3) is 0 Å². The average Bonchev–Trinajstić information content (AvgIpc) is 2.71. The third-order valence-corrected chi connectivity index (χ3v) is 3.14. The largest absolute Gasteiger partial charge is 0.306 e. The van der Waals surface area contributed by atoms with Gasteiger partial charge in [0.05, 0.1) is 6.54 Å². The predicted octanol–water partition coefficient (Wildman–Crippen LogP) is 1.53. The Bertz CT molecular complexity index is 274. The zero-order chi connectivity index (χ0) is 11.1. The van der Waals surface area contributed by atoms with E-state index in [2.05, 4.69) is 35.5 Å². The molecule has 0 radical (unpaired) electrons. The molecule has 1 heterocycles. The summed E-state index contributed by atoms with van der Waals surface area (Å²) in [5, 5.41) is 7.65. The summed E-state index contributed by atoms with van der Waals surface area (Å²) in [4.78, 5) is 4.24. The van der Waals surface area contributed by atoms with E-state index < -0.39 is 0 Å². The highest BCUT2D eigenvalue weighted by molar-refractivity contribution is 7.98. The second kappa shape index (κ2) is 6.85. The highest BCUT2D eigenvalue weighted by Gasteiger charge is 2.07. The van der Waals surface area contributed by atoms with Crippen molar-refractivity contribution in [3.63, 3.8) is 0 Å². The van der Waals surface area contributed by atoms with E-state index in [-0.39, 0.29) is 0 Å². The number of hydrogen-bond donors (Lipinski definition) is 1. The Kier molecular flexibility index (Phi) is 5.71. The van der Waals surface area contributed by atoms with Gasteiger partial charge in [-0.1, -0.05) is 6.92 Å². The van der Waals surface area contributed by atoms with Crippen LogP contribution in [0, 0.1) is 0 Å². The van der Waals surface area contributed by atoms with Crippen LogP contribution >= 0.6 is 11.8 Å². The normalized spacial score (nSPS) is 13.0. The van der Waals surface area contributed by atoms with Crippen molar-refractivity contribution >= 4 is 11.8 Å². The average molecular weight is 228 g/mol. The van der Waals surface area contributed by atoms with Crippen molar-refractivity contribution in [3.05, 3.63) is 12.2 Å². The summed E-state index contributed by atoms with van der Waals surface area (Å²) < 4.78 is 1.93. The van der Waals surface area contributed by atoms with Crippen LogP contribution in [-0.2, 0) is 13.1 Å². The summed E-state index contributed by atoms with van der Waals surface area (Å²) in [6, 6.07) is 0.571. The first-order chi connectivity index (χ1) is 7.31. The zero-order valence-electron chi connectivity index (χ0n) is 9.73. The highest BCUT2D eigenvalue weighted by atomic mass is 32.2. The fourth-order valence-corrected chi connectivity index (χ4v) is 2.20. The Morgan fingerprint density at radius 2 is 2.33 bits per heavy atom. The minimum atomic E-state index is 0.571. The van der Waals surface area contributed by atoms with Gasteiger partial charge in [0.25, 0.3) is 0 Å². The van der Waals surface area contributed by atoms with Gasteiger partial charge in [-0.05, 0) is 19.6 Å². The van der Waals surface area contributed by atoms with E-state index in [0.29, 0.717) is 6.04 Å². The summed E-state index contributed by atoms with van der Waals surface area (Å²) in [6.07, 6.45) is 4.91. The van der Waals surface area contributed by atoms with E-state index >= 15 is 0 Å². The SMILES string of the molecule is CCC(CSC)NCc1ncnn1CC. The van der Waals surface area contributed by atoms with Crippen LogP contribution < -0.4 is 5.32 Å². The molecule has 0 amide bonds. The molecule has 0 spiro atoms. The standard InChI is InChI=1S/C10H20N4S/c1-4-9(7-15-3)11-6-10-12-8-13-14(10)5-2/h8-9,11H,4-7H2,1-3H3. The van der Waals surface area contributed by atoms with Gasteiger partial charge in [-0.25, -0.2) is 9.67 Å².